The van der Waals surface area contributed by atoms with Gasteiger partial charge in [0.05, 0.1) is 22.2 Å². The molecule has 0 bridgehead atoms. The van der Waals surface area contributed by atoms with Crippen molar-refractivity contribution in [3.63, 3.8) is 0 Å². The van der Waals surface area contributed by atoms with E-state index in [4.69, 9.17) is 9.97 Å². The highest BCUT2D eigenvalue weighted by atomic mass is 32.2. The van der Waals surface area contributed by atoms with Crippen LogP contribution in [0.1, 0.15) is 31.7 Å². The van der Waals surface area contributed by atoms with Gasteiger partial charge >= 0.3 is 0 Å². The van der Waals surface area contributed by atoms with Gasteiger partial charge in [-0.05, 0) is 62.1 Å². The molecule has 182 valence electrons. The molecule has 5 rings (SSSR count). The molecule has 2 aromatic heterocycles. The summed E-state index contributed by atoms with van der Waals surface area (Å²) in [6.45, 7) is 6.63. The van der Waals surface area contributed by atoms with Crippen molar-refractivity contribution in [3.8, 4) is 0 Å². The Morgan fingerprint density at radius 2 is 1.74 bits per heavy atom. The monoisotopic (exact) mass is 491 g/mol. The molecule has 35 heavy (non-hydrogen) atoms. The van der Waals surface area contributed by atoms with Gasteiger partial charge in [-0.1, -0.05) is 25.1 Å². The molecule has 1 aliphatic heterocycles. The SMILES string of the molecule is CCCn1ncc2c(Nc3ccc(S(=O)(=O)Nc4ccccc4C)cc3)nc(N3CCCC3)nc21. The van der Waals surface area contributed by atoms with Crippen LogP contribution in [0.3, 0.4) is 0 Å². The van der Waals surface area contributed by atoms with Gasteiger partial charge in [0.15, 0.2) is 5.65 Å². The number of rotatable bonds is 8. The summed E-state index contributed by atoms with van der Waals surface area (Å²) < 4.78 is 30.3. The van der Waals surface area contributed by atoms with Crippen molar-refractivity contribution in [1.29, 1.82) is 0 Å². The van der Waals surface area contributed by atoms with Gasteiger partial charge in [-0.25, -0.2) is 13.1 Å². The van der Waals surface area contributed by atoms with Gasteiger partial charge in [0.1, 0.15) is 5.82 Å². The van der Waals surface area contributed by atoms with Crippen molar-refractivity contribution >= 4 is 44.2 Å². The first-order valence-electron chi connectivity index (χ1n) is 11.9. The number of aryl methyl sites for hydroxylation is 2. The zero-order chi connectivity index (χ0) is 24.4. The summed E-state index contributed by atoms with van der Waals surface area (Å²) in [6.07, 6.45) is 5.00. The fourth-order valence-electron chi connectivity index (χ4n) is 4.22. The molecule has 0 atom stereocenters. The van der Waals surface area contributed by atoms with Gasteiger partial charge in [-0.2, -0.15) is 15.1 Å². The number of hydrogen-bond acceptors (Lipinski definition) is 7. The van der Waals surface area contributed by atoms with Crippen molar-refractivity contribution in [2.75, 3.05) is 28.0 Å². The van der Waals surface area contributed by atoms with E-state index < -0.39 is 10.0 Å². The third kappa shape index (κ3) is 4.79. The van der Waals surface area contributed by atoms with Gasteiger partial charge in [0.2, 0.25) is 5.95 Å². The van der Waals surface area contributed by atoms with E-state index in [2.05, 4.69) is 27.0 Å². The second-order valence-electron chi connectivity index (χ2n) is 8.74. The molecule has 0 unspecified atom stereocenters. The van der Waals surface area contributed by atoms with E-state index in [1.54, 1.807) is 42.6 Å². The first-order chi connectivity index (χ1) is 16.9. The number of anilines is 4. The van der Waals surface area contributed by atoms with E-state index in [9.17, 15) is 8.42 Å². The summed E-state index contributed by atoms with van der Waals surface area (Å²) >= 11 is 0. The number of fused-ring (bicyclic) bond motifs is 1. The van der Waals surface area contributed by atoms with Crippen LogP contribution in [-0.2, 0) is 16.6 Å². The summed E-state index contributed by atoms with van der Waals surface area (Å²) in [5.74, 6) is 1.35. The molecule has 9 nitrogen and oxygen atoms in total. The number of benzene rings is 2. The van der Waals surface area contributed by atoms with E-state index in [-0.39, 0.29) is 4.90 Å². The standard InChI is InChI=1S/C25H29N7O2S/c1-3-14-32-24-21(17-26-32)23(28-25(29-24)31-15-6-7-16-31)27-19-10-12-20(13-11-19)35(33,34)30-22-9-5-4-8-18(22)2/h4-5,8-13,17,30H,3,6-7,14-16H2,1-2H3,(H,27,28,29). The van der Waals surface area contributed by atoms with Crippen LogP contribution in [-0.4, -0.2) is 41.3 Å². The predicted octanol–water partition coefficient (Wildman–Crippen LogP) is 4.69. The predicted molar refractivity (Wildman–Crippen MR) is 139 cm³/mol. The molecule has 1 saturated heterocycles. The molecule has 3 heterocycles. The zero-order valence-electron chi connectivity index (χ0n) is 19.9. The highest BCUT2D eigenvalue weighted by molar-refractivity contribution is 7.92. The molecule has 2 aromatic carbocycles. The fourth-order valence-corrected chi connectivity index (χ4v) is 5.35. The van der Waals surface area contributed by atoms with E-state index in [0.717, 1.165) is 61.2 Å². The molecule has 0 amide bonds. The summed E-state index contributed by atoms with van der Waals surface area (Å²) in [7, 11) is -3.70. The van der Waals surface area contributed by atoms with Crippen molar-refractivity contribution in [2.24, 2.45) is 0 Å². The average Bonchev–Trinajstić information content (AvgIpc) is 3.52. The van der Waals surface area contributed by atoms with Crippen molar-refractivity contribution in [2.45, 2.75) is 44.6 Å². The van der Waals surface area contributed by atoms with Gasteiger partial charge in [-0.3, -0.25) is 4.72 Å². The molecule has 1 fully saturated rings. The molecule has 10 heteroatoms. The molecular formula is C25H29N7O2S. The normalized spacial score (nSPS) is 13.9. The molecule has 0 spiro atoms. The van der Waals surface area contributed by atoms with Crippen molar-refractivity contribution < 1.29 is 8.42 Å². The Hall–Kier alpha value is -3.66. The van der Waals surface area contributed by atoms with Crippen LogP contribution >= 0.6 is 0 Å². The first kappa shape index (κ1) is 23.1. The smallest absolute Gasteiger partial charge is 0.261 e. The quantitative estimate of drug-likeness (QED) is 0.368. The largest absolute Gasteiger partial charge is 0.341 e. The van der Waals surface area contributed by atoms with E-state index in [0.29, 0.717) is 17.5 Å². The number of nitrogens with zero attached hydrogens (tertiary/aromatic N) is 5. The minimum absolute atomic E-state index is 0.188. The van der Waals surface area contributed by atoms with Crippen LogP contribution < -0.4 is 14.9 Å². The lowest BCUT2D eigenvalue weighted by molar-refractivity contribution is 0.601. The van der Waals surface area contributed by atoms with Gasteiger partial charge in [-0.15, -0.1) is 0 Å². The van der Waals surface area contributed by atoms with Crippen LogP contribution in [0.15, 0.2) is 59.6 Å². The summed E-state index contributed by atoms with van der Waals surface area (Å²) in [4.78, 5) is 12.0. The Labute approximate surface area is 205 Å². The average molecular weight is 492 g/mol. The molecule has 0 saturated carbocycles. The maximum atomic E-state index is 12.9. The van der Waals surface area contributed by atoms with Crippen molar-refractivity contribution in [3.05, 3.63) is 60.3 Å². The van der Waals surface area contributed by atoms with Crippen LogP contribution in [0.25, 0.3) is 11.0 Å². The lowest BCUT2D eigenvalue weighted by Gasteiger charge is -2.17. The maximum absolute atomic E-state index is 12.9. The highest BCUT2D eigenvalue weighted by Gasteiger charge is 2.20. The minimum atomic E-state index is -3.70. The Bertz CT molecular complexity index is 1440. The number of para-hydroxylation sites is 1. The molecule has 1 aliphatic rings. The number of hydrogen-bond donors (Lipinski definition) is 2. The molecule has 0 radical (unpaired) electrons. The summed E-state index contributed by atoms with van der Waals surface area (Å²) in [5, 5.41) is 8.71. The number of nitrogens with one attached hydrogen (secondary N) is 2. The zero-order valence-corrected chi connectivity index (χ0v) is 20.7. The van der Waals surface area contributed by atoms with Gasteiger partial charge < -0.3 is 10.2 Å². The summed E-state index contributed by atoms with van der Waals surface area (Å²) in [6, 6.07) is 14.0. The van der Waals surface area contributed by atoms with Crippen LogP contribution in [0, 0.1) is 6.92 Å². The van der Waals surface area contributed by atoms with Crippen LogP contribution in [0.5, 0.6) is 0 Å². The Balaban J connectivity index is 1.43. The topological polar surface area (TPSA) is 105 Å². The third-order valence-electron chi connectivity index (χ3n) is 6.13. The Morgan fingerprint density at radius 1 is 1.00 bits per heavy atom. The van der Waals surface area contributed by atoms with Crippen LogP contribution in [0.4, 0.5) is 23.1 Å². The Morgan fingerprint density at radius 3 is 2.46 bits per heavy atom. The minimum Gasteiger partial charge on any atom is -0.341 e. The van der Waals surface area contributed by atoms with E-state index in [1.807, 2.05) is 23.7 Å². The third-order valence-corrected chi connectivity index (χ3v) is 7.51. The fraction of sp³-hybridized carbons (Fsp3) is 0.320. The lowest BCUT2D eigenvalue weighted by atomic mass is 10.2. The second kappa shape index (κ2) is 9.53. The van der Waals surface area contributed by atoms with Crippen molar-refractivity contribution in [1.82, 2.24) is 19.7 Å². The molecular weight excluding hydrogens is 462 g/mol. The summed E-state index contributed by atoms with van der Waals surface area (Å²) in [5.41, 5.74) is 2.96. The molecule has 0 aliphatic carbocycles. The van der Waals surface area contributed by atoms with Gasteiger partial charge in [0.25, 0.3) is 10.0 Å². The van der Waals surface area contributed by atoms with Crippen LogP contribution in [0.2, 0.25) is 0 Å². The number of aromatic nitrogens is 4. The molecule has 4 aromatic rings. The van der Waals surface area contributed by atoms with Gasteiger partial charge in [0, 0.05) is 25.3 Å². The maximum Gasteiger partial charge on any atom is 0.261 e. The highest BCUT2D eigenvalue weighted by Crippen LogP contribution is 2.29. The number of sulfonamides is 1. The van der Waals surface area contributed by atoms with E-state index in [1.165, 1.54) is 0 Å². The van der Waals surface area contributed by atoms with E-state index >= 15 is 0 Å². The second-order valence-corrected chi connectivity index (χ2v) is 10.4. The Kier molecular flexibility index (Phi) is 6.29. The lowest BCUT2D eigenvalue weighted by Crippen LogP contribution is -2.21. The first-order valence-corrected chi connectivity index (χ1v) is 13.4. The molecule has 2 N–H and O–H groups in total.